The topological polar surface area (TPSA) is 3.24 Å². The van der Waals surface area contributed by atoms with Crippen molar-refractivity contribution in [1.29, 1.82) is 0 Å². The summed E-state index contributed by atoms with van der Waals surface area (Å²) in [6, 6.07) is 0. The van der Waals surface area contributed by atoms with E-state index < -0.39 is 0 Å². The summed E-state index contributed by atoms with van der Waals surface area (Å²) in [6.45, 7) is 2.63. The second-order valence-electron chi connectivity index (χ2n) is 3.91. The third kappa shape index (κ3) is 1.72. The van der Waals surface area contributed by atoms with Crippen LogP contribution in [-0.2, 0) is 13.5 Å². The van der Waals surface area contributed by atoms with Crippen LogP contribution in [0.3, 0.4) is 0 Å². The van der Waals surface area contributed by atoms with Gasteiger partial charge in [-0.1, -0.05) is 12.8 Å². The van der Waals surface area contributed by atoms with Crippen molar-refractivity contribution in [2.24, 2.45) is 5.41 Å². The molecule has 1 spiro atoms. The van der Waals surface area contributed by atoms with Crippen molar-refractivity contribution in [3.63, 3.8) is 0 Å². The van der Waals surface area contributed by atoms with E-state index in [9.17, 15) is 0 Å². The first-order valence-corrected chi connectivity index (χ1v) is 4.34. The molecule has 0 bridgehead atoms. The zero-order valence-corrected chi connectivity index (χ0v) is 10.9. The predicted molar refractivity (Wildman–Crippen MR) is 51.5 cm³/mol. The average molecular weight is 423 g/mol. The first kappa shape index (κ1) is 11.3. The van der Waals surface area contributed by atoms with Gasteiger partial charge in [0, 0.05) is 0 Å². The Labute approximate surface area is 76.6 Å². The minimum Gasteiger partial charge on any atom is -0.813 e. The molecular formula is C9H17EsNS-2. The van der Waals surface area contributed by atoms with E-state index in [-0.39, 0.29) is 13.5 Å². The van der Waals surface area contributed by atoms with E-state index in [0.29, 0.717) is 5.41 Å². The fraction of sp³-hybridized carbons (Fsp3) is 0.889. The number of hydrogen-bond acceptors (Lipinski definition) is 2. The van der Waals surface area contributed by atoms with Gasteiger partial charge in [0.25, 0.3) is 0 Å². The molecule has 1 saturated heterocycles. The van der Waals surface area contributed by atoms with Gasteiger partial charge >= 0.3 is 0 Å². The van der Waals surface area contributed by atoms with Crippen molar-refractivity contribution in [1.82, 2.24) is 4.90 Å². The van der Waals surface area contributed by atoms with Crippen LogP contribution in [0.25, 0.3) is 0 Å². The Kier molecular flexibility index (Phi) is 3.59. The van der Waals surface area contributed by atoms with Crippen LogP contribution in [0.1, 0.15) is 25.7 Å². The van der Waals surface area contributed by atoms with Crippen molar-refractivity contribution >= 4 is 13.5 Å². The third-order valence-corrected chi connectivity index (χ3v) is 3.20. The number of rotatable bonds is 0. The van der Waals surface area contributed by atoms with Crippen molar-refractivity contribution < 1.29 is 0 Å². The molecule has 12 heavy (non-hydrogen) atoms. The van der Waals surface area contributed by atoms with Gasteiger partial charge in [0.1, 0.15) is 0 Å². The molecule has 0 amide bonds. The number of thiol groups is 1. The van der Waals surface area contributed by atoms with E-state index >= 15 is 0 Å². The van der Waals surface area contributed by atoms with Crippen LogP contribution >= 0.6 is 0 Å². The minimum absolute atomic E-state index is 0. The molecule has 3 heteroatoms. The number of likely N-dealkylation sites (tertiary alicyclic amines) is 1. The van der Waals surface area contributed by atoms with Crippen LogP contribution in [0.2, 0.25) is 0 Å². The van der Waals surface area contributed by atoms with E-state index in [2.05, 4.69) is 18.4 Å². The van der Waals surface area contributed by atoms with Crippen LogP contribution < -0.4 is 0 Å². The second kappa shape index (κ2) is 3.81. The molecular weight excluding hydrogens is 406 g/mol. The summed E-state index contributed by atoms with van der Waals surface area (Å²) in [6.07, 6.45) is 8.23. The zero-order chi connectivity index (χ0) is 7.03. The maximum Gasteiger partial charge on any atom is 0 e. The maximum atomic E-state index is 2.54. The van der Waals surface area contributed by atoms with Gasteiger partial charge in [-0.15, -0.1) is 6.42 Å². The summed E-state index contributed by atoms with van der Waals surface area (Å²) in [5, 5.41) is 0. The average Bonchev–Trinajstić information content (AvgIpc) is 1.86. The zero-order valence-electron chi connectivity index (χ0n) is 7.52. The normalized spacial score (nSPS) is 26.8. The van der Waals surface area contributed by atoms with E-state index in [4.69, 9.17) is 0 Å². The number of piperidine rings is 1. The Bertz CT molecular complexity index is 126. The molecule has 0 unspecified atom stereocenters. The molecule has 0 aromatic carbocycles. The van der Waals surface area contributed by atoms with Crippen molar-refractivity contribution in [3.05, 3.63) is 6.42 Å². The van der Waals surface area contributed by atoms with Crippen LogP contribution in [-0.4, -0.2) is 25.0 Å². The molecule has 2 rings (SSSR count). The standard InChI is InChI=1S/C9H16N.Es.H2S/c1-10-7-5-9(6-8-10)3-2-4-9;;/h3H,2,4-8H2,1H3;;1H2/q-1;;/p-1. The molecule has 0 aromatic rings. The van der Waals surface area contributed by atoms with Gasteiger partial charge in [0.15, 0.2) is 0 Å². The third-order valence-electron chi connectivity index (χ3n) is 3.20. The van der Waals surface area contributed by atoms with E-state index in [0.717, 1.165) is 0 Å². The fourth-order valence-corrected chi connectivity index (χ4v) is 2.07. The molecule has 2 aliphatic rings. The summed E-state index contributed by atoms with van der Waals surface area (Å²) in [5.74, 6) is 0. The molecule has 1 aliphatic heterocycles. The Morgan fingerprint density at radius 3 is 2.00 bits per heavy atom. The molecule has 0 atom stereocenters. The molecule has 1 radical (unpaired) electrons. The molecule has 1 nitrogen and oxygen atoms in total. The monoisotopic (exact) mass is 423 g/mol. The molecule has 0 aromatic heterocycles. The van der Waals surface area contributed by atoms with E-state index in [1.165, 1.54) is 38.8 Å². The minimum atomic E-state index is 0. The molecule has 0 N–H and O–H groups in total. The van der Waals surface area contributed by atoms with Gasteiger partial charge in [0.05, 0.1) is 0 Å². The van der Waals surface area contributed by atoms with Gasteiger partial charge in [-0.05, 0) is 20.1 Å². The summed E-state index contributed by atoms with van der Waals surface area (Å²) < 4.78 is 0. The maximum absolute atomic E-state index is 2.54. The summed E-state index contributed by atoms with van der Waals surface area (Å²) >= 11 is 0. The van der Waals surface area contributed by atoms with Crippen LogP contribution in [0.15, 0.2) is 0 Å². The first-order valence-electron chi connectivity index (χ1n) is 4.34. The molecule has 1 heterocycles. The van der Waals surface area contributed by atoms with E-state index in [1.807, 2.05) is 0 Å². The smallest absolute Gasteiger partial charge is 0 e. The molecule has 1 aliphatic carbocycles. The Morgan fingerprint density at radius 1 is 1.17 bits per heavy atom. The summed E-state index contributed by atoms with van der Waals surface area (Å²) in [4.78, 5) is 2.44. The number of nitrogens with zero attached hydrogens (tertiary/aromatic N) is 1. The Hall–Kier alpha value is -0.690. The van der Waals surface area contributed by atoms with Crippen molar-refractivity contribution in [2.75, 3.05) is 20.1 Å². The van der Waals surface area contributed by atoms with E-state index in [1.54, 1.807) is 0 Å². The van der Waals surface area contributed by atoms with Gasteiger partial charge in [-0.25, -0.2) is 0 Å². The van der Waals surface area contributed by atoms with Gasteiger partial charge in [0.2, 0.25) is 0 Å². The van der Waals surface area contributed by atoms with Crippen LogP contribution in [0.5, 0.6) is 0 Å². The van der Waals surface area contributed by atoms with Crippen molar-refractivity contribution in [2.45, 2.75) is 25.7 Å². The van der Waals surface area contributed by atoms with Gasteiger partial charge < -0.3 is 24.8 Å². The molecule has 77 valence electrons. The fourth-order valence-electron chi connectivity index (χ4n) is 2.07. The largest absolute Gasteiger partial charge is 0.813 e. The molecule has 2 fully saturated rings. The Morgan fingerprint density at radius 2 is 1.67 bits per heavy atom. The first-order chi connectivity index (χ1) is 4.81. The summed E-state index contributed by atoms with van der Waals surface area (Å²) in [5.41, 5.74) is 0.715. The second-order valence-corrected chi connectivity index (χ2v) is 3.91. The summed E-state index contributed by atoms with van der Waals surface area (Å²) in [7, 11) is 2.23. The Balaban J connectivity index is 0.000000605. The van der Waals surface area contributed by atoms with Crippen LogP contribution in [0.4, 0.5) is 0 Å². The molecule has 1 saturated carbocycles. The van der Waals surface area contributed by atoms with Crippen LogP contribution in [0, 0.1) is 11.8 Å². The number of hydrogen-bond donors (Lipinski definition) is 0. The predicted octanol–water partition coefficient (Wildman–Crippen LogP) is 1.43. The SMILES string of the molecule is CN1CCC2([CH-]CC2)CC1.[Es].[SH-]. The van der Waals surface area contributed by atoms with Crippen molar-refractivity contribution in [3.8, 4) is 0 Å². The van der Waals surface area contributed by atoms with Gasteiger partial charge in [-0.3, -0.25) is 0 Å². The van der Waals surface area contributed by atoms with Gasteiger partial charge in [-0.2, -0.15) is 11.8 Å². The quantitative estimate of drug-likeness (QED) is 0.330.